The van der Waals surface area contributed by atoms with E-state index in [1.165, 1.54) is 0 Å². The lowest BCUT2D eigenvalue weighted by atomic mass is 10.0. The summed E-state index contributed by atoms with van der Waals surface area (Å²) in [6, 6.07) is 7.51. The molecule has 3 heterocycles. The molecule has 2 amide bonds. The summed E-state index contributed by atoms with van der Waals surface area (Å²) in [7, 11) is 0. The van der Waals surface area contributed by atoms with Crippen LogP contribution in [0.25, 0.3) is 0 Å². The van der Waals surface area contributed by atoms with Crippen LogP contribution < -0.4 is 10.2 Å². The lowest BCUT2D eigenvalue weighted by Gasteiger charge is -2.19. The summed E-state index contributed by atoms with van der Waals surface area (Å²) >= 11 is 0. The smallest absolute Gasteiger partial charge is 0.253 e. The molecule has 3 saturated heterocycles. The van der Waals surface area contributed by atoms with Gasteiger partial charge in [0.2, 0.25) is 5.91 Å². The van der Waals surface area contributed by atoms with Gasteiger partial charge in [0.25, 0.3) is 5.91 Å². The summed E-state index contributed by atoms with van der Waals surface area (Å²) in [5.74, 6) is 1.53. The van der Waals surface area contributed by atoms with Gasteiger partial charge in [0, 0.05) is 50.4 Å². The number of anilines is 1. The van der Waals surface area contributed by atoms with Crippen LogP contribution >= 0.6 is 12.4 Å². The molecule has 1 N–H and O–H groups in total. The molecule has 0 unspecified atom stereocenters. The highest BCUT2D eigenvalue weighted by Crippen LogP contribution is 2.28. The van der Waals surface area contributed by atoms with Crippen LogP contribution in [0, 0.1) is 11.8 Å². The van der Waals surface area contributed by atoms with Crippen LogP contribution in [0.4, 0.5) is 5.69 Å². The Balaban J connectivity index is 0.00000156. The van der Waals surface area contributed by atoms with Crippen molar-refractivity contribution in [3.05, 3.63) is 29.8 Å². The third-order valence-electron chi connectivity index (χ3n) is 5.18. The van der Waals surface area contributed by atoms with Crippen molar-refractivity contribution >= 4 is 29.9 Å². The number of amides is 2. The van der Waals surface area contributed by atoms with Crippen molar-refractivity contribution in [2.45, 2.75) is 12.8 Å². The number of nitrogens with zero attached hydrogens (tertiary/aromatic N) is 2. The van der Waals surface area contributed by atoms with E-state index in [1.54, 1.807) is 4.90 Å². The molecule has 5 nitrogen and oxygen atoms in total. The predicted molar refractivity (Wildman–Crippen MR) is 91.0 cm³/mol. The van der Waals surface area contributed by atoms with Crippen molar-refractivity contribution in [3.8, 4) is 0 Å². The third-order valence-corrected chi connectivity index (χ3v) is 5.18. The average molecular weight is 336 g/mol. The Morgan fingerprint density at radius 3 is 2.30 bits per heavy atom. The zero-order valence-electron chi connectivity index (χ0n) is 13.0. The van der Waals surface area contributed by atoms with Gasteiger partial charge in [-0.05, 0) is 42.5 Å². The monoisotopic (exact) mass is 335 g/mol. The largest absolute Gasteiger partial charge is 0.338 e. The van der Waals surface area contributed by atoms with Crippen LogP contribution in [0.2, 0.25) is 0 Å². The number of halogens is 1. The minimum absolute atomic E-state index is 0. The molecule has 1 aromatic rings. The number of carbonyl (C=O) groups excluding carboxylic acids is 2. The quantitative estimate of drug-likeness (QED) is 0.891. The zero-order chi connectivity index (χ0) is 15.1. The Morgan fingerprint density at radius 1 is 1.09 bits per heavy atom. The molecule has 4 rings (SSSR count). The van der Waals surface area contributed by atoms with Crippen molar-refractivity contribution < 1.29 is 9.59 Å². The molecule has 0 aromatic heterocycles. The number of benzene rings is 1. The fourth-order valence-electron chi connectivity index (χ4n) is 3.91. The summed E-state index contributed by atoms with van der Waals surface area (Å²) in [4.78, 5) is 28.1. The van der Waals surface area contributed by atoms with Crippen LogP contribution in [0.1, 0.15) is 23.2 Å². The summed E-state index contributed by atoms with van der Waals surface area (Å²) in [6.07, 6.45) is 1.55. The fraction of sp³-hybridized carbons (Fsp3) is 0.529. The SMILES string of the molecule is Cl.O=C(c1ccc(N2CCCC2=O)cc1)N1C[C@H]2CNC[C@H]2C1. The van der Waals surface area contributed by atoms with Gasteiger partial charge < -0.3 is 15.1 Å². The molecule has 124 valence electrons. The average Bonchev–Trinajstić information content (AvgIpc) is 3.22. The molecule has 0 bridgehead atoms. The predicted octanol–water partition coefficient (Wildman–Crippen LogP) is 1.53. The second kappa shape index (κ2) is 6.49. The normalized spacial score (nSPS) is 26.3. The van der Waals surface area contributed by atoms with Crippen LogP contribution in [0.15, 0.2) is 24.3 Å². The van der Waals surface area contributed by atoms with Gasteiger partial charge in [-0.3, -0.25) is 9.59 Å². The summed E-state index contributed by atoms with van der Waals surface area (Å²) < 4.78 is 0. The number of fused-ring (bicyclic) bond motifs is 1. The molecule has 0 radical (unpaired) electrons. The minimum Gasteiger partial charge on any atom is -0.338 e. The molecule has 3 aliphatic rings. The van der Waals surface area contributed by atoms with Gasteiger partial charge in [-0.1, -0.05) is 0 Å². The molecule has 3 fully saturated rings. The number of carbonyl (C=O) groups is 2. The zero-order valence-corrected chi connectivity index (χ0v) is 13.8. The second-order valence-corrected chi connectivity index (χ2v) is 6.58. The Bertz CT molecular complexity index is 592. The van der Waals surface area contributed by atoms with Gasteiger partial charge in [-0.15, -0.1) is 12.4 Å². The van der Waals surface area contributed by atoms with Crippen LogP contribution in [0.3, 0.4) is 0 Å². The lowest BCUT2D eigenvalue weighted by Crippen LogP contribution is -2.32. The maximum atomic E-state index is 12.6. The second-order valence-electron chi connectivity index (χ2n) is 6.58. The first-order chi connectivity index (χ1) is 10.7. The maximum Gasteiger partial charge on any atom is 0.253 e. The molecular formula is C17H22ClN3O2. The molecule has 0 spiro atoms. The molecule has 3 aliphatic heterocycles. The van der Waals surface area contributed by atoms with E-state index in [-0.39, 0.29) is 24.2 Å². The minimum atomic E-state index is 0. The molecule has 2 atom stereocenters. The molecular weight excluding hydrogens is 314 g/mol. The summed E-state index contributed by atoms with van der Waals surface area (Å²) in [6.45, 7) is 4.58. The maximum absolute atomic E-state index is 12.6. The van der Waals surface area contributed by atoms with E-state index < -0.39 is 0 Å². The molecule has 23 heavy (non-hydrogen) atoms. The summed E-state index contributed by atoms with van der Waals surface area (Å²) in [5.41, 5.74) is 1.63. The van der Waals surface area contributed by atoms with Crippen molar-refractivity contribution in [1.29, 1.82) is 0 Å². The number of hydrogen-bond donors (Lipinski definition) is 1. The number of nitrogens with one attached hydrogen (secondary N) is 1. The lowest BCUT2D eigenvalue weighted by molar-refractivity contribution is -0.117. The van der Waals surface area contributed by atoms with Crippen molar-refractivity contribution in [1.82, 2.24) is 10.2 Å². The standard InChI is InChI=1S/C17H21N3O2.ClH/c21-16-2-1-7-20(16)15-5-3-12(4-6-15)17(22)19-10-13-8-18-9-14(13)11-19;/h3-6,13-14,18H,1-2,7-11H2;1H/t13-,14+;. The van der Waals surface area contributed by atoms with Gasteiger partial charge in [0.1, 0.15) is 0 Å². The van der Waals surface area contributed by atoms with E-state index >= 15 is 0 Å². The first-order valence-corrected chi connectivity index (χ1v) is 8.13. The van der Waals surface area contributed by atoms with Gasteiger partial charge in [-0.2, -0.15) is 0 Å². The Morgan fingerprint density at radius 2 is 1.74 bits per heavy atom. The number of rotatable bonds is 2. The summed E-state index contributed by atoms with van der Waals surface area (Å²) in [5, 5.41) is 3.39. The third kappa shape index (κ3) is 2.95. The van der Waals surface area contributed by atoms with Crippen LogP contribution in [-0.4, -0.2) is 49.4 Å². The fourth-order valence-corrected chi connectivity index (χ4v) is 3.91. The first-order valence-electron chi connectivity index (χ1n) is 8.13. The first kappa shape index (κ1) is 16.3. The molecule has 6 heteroatoms. The van der Waals surface area contributed by atoms with E-state index in [4.69, 9.17) is 0 Å². The van der Waals surface area contributed by atoms with Crippen LogP contribution in [0.5, 0.6) is 0 Å². The van der Waals surface area contributed by atoms with E-state index in [0.29, 0.717) is 18.3 Å². The van der Waals surface area contributed by atoms with Gasteiger partial charge in [0.05, 0.1) is 0 Å². The van der Waals surface area contributed by atoms with E-state index in [2.05, 4.69) is 5.32 Å². The highest BCUT2D eigenvalue weighted by molar-refractivity contribution is 5.97. The topological polar surface area (TPSA) is 52.7 Å². The van der Waals surface area contributed by atoms with Crippen molar-refractivity contribution in [3.63, 3.8) is 0 Å². The van der Waals surface area contributed by atoms with Gasteiger partial charge >= 0.3 is 0 Å². The van der Waals surface area contributed by atoms with Crippen molar-refractivity contribution in [2.24, 2.45) is 11.8 Å². The highest BCUT2D eigenvalue weighted by atomic mass is 35.5. The Labute approximate surface area is 142 Å². The van der Waals surface area contributed by atoms with E-state index in [1.807, 2.05) is 29.2 Å². The van der Waals surface area contributed by atoms with Gasteiger partial charge in [0.15, 0.2) is 0 Å². The number of hydrogen-bond acceptors (Lipinski definition) is 3. The van der Waals surface area contributed by atoms with E-state index in [0.717, 1.165) is 50.4 Å². The molecule has 0 aliphatic carbocycles. The molecule has 0 saturated carbocycles. The number of likely N-dealkylation sites (tertiary alicyclic amines) is 1. The van der Waals surface area contributed by atoms with Crippen LogP contribution in [-0.2, 0) is 4.79 Å². The van der Waals surface area contributed by atoms with Crippen molar-refractivity contribution in [2.75, 3.05) is 37.6 Å². The Hall–Kier alpha value is -1.59. The van der Waals surface area contributed by atoms with E-state index in [9.17, 15) is 9.59 Å². The highest BCUT2D eigenvalue weighted by Gasteiger charge is 2.38. The van der Waals surface area contributed by atoms with Gasteiger partial charge in [-0.25, -0.2) is 0 Å². The Kier molecular flexibility index (Phi) is 4.60. The molecule has 1 aromatic carbocycles.